The third kappa shape index (κ3) is 2.93. The number of fused-ring (bicyclic) bond motifs is 1. The SMILES string of the molecule is Cc1ccc(F)cc1CC(N)c1ccc2ncccc2c1. The lowest BCUT2D eigenvalue weighted by Crippen LogP contribution is -2.14. The number of aryl methyl sites for hydroxylation is 1. The Morgan fingerprint density at radius 3 is 2.86 bits per heavy atom. The van der Waals surface area contributed by atoms with Crippen LogP contribution in [0, 0.1) is 12.7 Å². The van der Waals surface area contributed by atoms with E-state index in [0.29, 0.717) is 6.42 Å². The summed E-state index contributed by atoms with van der Waals surface area (Å²) in [6, 6.07) is 14.6. The van der Waals surface area contributed by atoms with Gasteiger partial charge in [0.25, 0.3) is 0 Å². The molecule has 2 aromatic carbocycles. The van der Waals surface area contributed by atoms with Crippen LogP contribution in [0.5, 0.6) is 0 Å². The molecule has 0 aliphatic heterocycles. The van der Waals surface area contributed by atoms with Crippen molar-refractivity contribution in [2.24, 2.45) is 5.73 Å². The molecular formula is C18H17FN2. The monoisotopic (exact) mass is 280 g/mol. The average molecular weight is 280 g/mol. The molecule has 0 saturated carbocycles. The number of hydrogen-bond acceptors (Lipinski definition) is 2. The zero-order chi connectivity index (χ0) is 14.8. The summed E-state index contributed by atoms with van der Waals surface area (Å²) in [5.41, 5.74) is 10.3. The Morgan fingerprint density at radius 2 is 2.00 bits per heavy atom. The minimum atomic E-state index is -0.217. The zero-order valence-corrected chi connectivity index (χ0v) is 11.9. The number of rotatable bonds is 3. The molecule has 1 aromatic heterocycles. The van der Waals surface area contributed by atoms with Crippen molar-refractivity contribution in [1.82, 2.24) is 4.98 Å². The van der Waals surface area contributed by atoms with Crippen LogP contribution >= 0.6 is 0 Å². The fourth-order valence-electron chi connectivity index (χ4n) is 2.54. The van der Waals surface area contributed by atoms with Crippen molar-refractivity contribution in [3.63, 3.8) is 0 Å². The van der Waals surface area contributed by atoms with E-state index in [4.69, 9.17) is 5.73 Å². The molecule has 3 rings (SSSR count). The van der Waals surface area contributed by atoms with Gasteiger partial charge in [0.2, 0.25) is 0 Å². The molecule has 3 heteroatoms. The van der Waals surface area contributed by atoms with E-state index in [9.17, 15) is 4.39 Å². The molecule has 0 saturated heterocycles. The predicted octanol–water partition coefficient (Wildman–Crippen LogP) is 3.92. The van der Waals surface area contributed by atoms with E-state index < -0.39 is 0 Å². The lowest BCUT2D eigenvalue weighted by Gasteiger charge is -2.14. The topological polar surface area (TPSA) is 38.9 Å². The summed E-state index contributed by atoms with van der Waals surface area (Å²) < 4.78 is 13.4. The van der Waals surface area contributed by atoms with Gasteiger partial charge in [0.15, 0.2) is 0 Å². The lowest BCUT2D eigenvalue weighted by atomic mass is 9.96. The van der Waals surface area contributed by atoms with Gasteiger partial charge in [-0.05, 0) is 60.4 Å². The Hall–Kier alpha value is -2.26. The minimum absolute atomic E-state index is 0.157. The van der Waals surface area contributed by atoms with Crippen LogP contribution < -0.4 is 5.73 Å². The Kier molecular flexibility index (Phi) is 3.67. The smallest absolute Gasteiger partial charge is 0.123 e. The van der Waals surface area contributed by atoms with Crippen molar-refractivity contribution in [2.75, 3.05) is 0 Å². The van der Waals surface area contributed by atoms with Crippen LogP contribution in [0.3, 0.4) is 0 Å². The van der Waals surface area contributed by atoms with Crippen LogP contribution in [0.25, 0.3) is 10.9 Å². The second-order valence-corrected chi connectivity index (χ2v) is 5.34. The highest BCUT2D eigenvalue weighted by Gasteiger charge is 2.10. The summed E-state index contributed by atoms with van der Waals surface area (Å²) in [5.74, 6) is -0.217. The van der Waals surface area contributed by atoms with Crippen molar-refractivity contribution in [3.05, 3.63) is 77.2 Å². The fraction of sp³-hybridized carbons (Fsp3) is 0.167. The van der Waals surface area contributed by atoms with Gasteiger partial charge in [0.1, 0.15) is 5.82 Å². The van der Waals surface area contributed by atoms with Crippen LogP contribution in [0.1, 0.15) is 22.7 Å². The quantitative estimate of drug-likeness (QED) is 0.789. The molecule has 2 nitrogen and oxygen atoms in total. The summed E-state index contributed by atoms with van der Waals surface area (Å²) in [7, 11) is 0. The van der Waals surface area contributed by atoms with E-state index >= 15 is 0 Å². The molecule has 106 valence electrons. The number of nitrogens with zero attached hydrogens (tertiary/aromatic N) is 1. The molecule has 0 bridgehead atoms. The van der Waals surface area contributed by atoms with E-state index in [0.717, 1.165) is 27.6 Å². The molecule has 0 aliphatic rings. The second-order valence-electron chi connectivity index (χ2n) is 5.34. The van der Waals surface area contributed by atoms with E-state index in [1.54, 1.807) is 18.3 Å². The molecule has 0 spiro atoms. The lowest BCUT2D eigenvalue weighted by molar-refractivity contribution is 0.621. The van der Waals surface area contributed by atoms with Gasteiger partial charge in [-0.1, -0.05) is 18.2 Å². The molecule has 0 amide bonds. The van der Waals surface area contributed by atoms with Gasteiger partial charge in [0, 0.05) is 17.6 Å². The van der Waals surface area contributed by atoms with Crippen LogP contribution in [0.2, 0.25) is 0 Å². The third-order valence-corrected chi connectivity index (χ3v) is 3.81. The maximum absolute atomic E-state index is 13.4. The summed E-state index contributed by atoms with van der Waals surface area (Å²) in [5, 5.41) is 1.07. The molecule has 1 heterocycles. The van der Waals surface area contributed by atoms with Gasteiger partial charge < -0.3 is 5.73 Å². The maximum Gasteiger partial charge on any atom is 0.123 e. The van der Waals surface area contributed by atoms with Crippen LogP contribution in [0.4, 0.5) is 4.39 Å². The van der Waals surface area contributed by atoms with E-state index in [1.165, 1.54) is 6.07 Å². The first kappa shape index (κ1) is 13.7. The predicted molar refractivity (Wildman–Crippen MR) is 83.5 cm³/mol. The number of pyridine rings is 1. The number of hydrogen-bond donors (Lipinski definition) is 1. The molecule has 3 aromatic rings. The van der Waals surface area contributed by atoms with Crippen LogP contribution in [-0.4, -0.2) is 4.98 Å². The Morgan fingerprint density at radius 1 is 1.14 bits per heavy atom. The van der Waals surface area contributed by atoms with Gasteiger partial charge in [-0.15, -0.1) is 0 Å². The van der Waals surface area contributed by atoms with Gasteiger partial charge >= 0.3 is 0 Å². The molecule has 0 radical (unpaired) electrons. The van der Waals surface area contributed by atoms with Crippen molar-refractivity contribution in [3.8, 4) is 0 Å². The molecule has 0 fully saturated rings. The maximum atomic E-state index is 13.4. The first-order chi connectivity index (χ1) is 10.1. The third-order valence-electron chi connectivity index (χ3n) is 3.81. The highest BCUT2D eigenvalue weighted by molar-refractivity contribution is 5.79. The number of halogens is 1. The van der Waals surface area contributed by atoms with Gasteiger partial charge in [-0.3, -0.25) is 4.98 Å². The summed E-state index contributed by atoms with van der Waals surface area (Å²) in [6.07, 6.45) is 2.40. The Balaban J connectivity index is 1.89. The van der Waals surface area contributed by atoms with Gasteiger partial charge in [-0.25, -0.2) is 4.39 Å². The van der Waals surface area contributed by atoms with E-state index in [1.807, 2.05) is 31.2 Å². The van der Waals surface area contributed by atoms with Crippen LogP contribution in [-0.2, 0) is 6.42 Å². The summed E-state index contributed by atoms with van der Waals surface area (Å²) in [6.45, 7) is 1.98. The fourth-order valence-corrected chi connectivity index (χ4v) is 2.54. The van der Waals surface area contributed by atoms with Crippen molar-refractivity contribution in [1.29, 1.82) is 0 Å². The van der Waals surface area contributed by atoms with Crippen molar-refractivity contribution in [2.45, 2.75) is 19.4 Å². The average Bonchev–Trinajstić information content (AvgIpc) is 2.50. The number of benzene rings is 2. The molecule has 1 atom stereocenters. The van der Waals surface area contributed by atoms with Gasteiger partial charge in [0.05, 0.1) is 5.52 Å². The number of aromatic nitrogens is 1. The van der Waals surface area contributed by atoms with Crippen molar-refractivity contribution < 1.29 is 4.39 Å². The first-order valence-electron chi connectivity index (χ1n) is 6.99. The summed E-state index contributed by atoms with van der Waals surface area (Å²) >= 11 is 0. The standard InChI is InChI=1S/C18H17FN2/c1-12-4-6-16(19)10-15(12)11-17(20)13-5-7-18-14(9-13)3-2-8-21-18/h2-10,17H,11,20H2,1H3. The molecule has 0 aliphatic carbocycles. The van der Waals surface area contributed by atoms with E-state index in [2.05, 4.69) is 11.1 Å². The minimum Gasteiger partial charge on any atom is -0.324 e. The van der Waals surface area contributed by atoms with Gasteiger partial charge in [-0.2, -0.15) is 0 Å². The molecule has 2 N–H and O–H groups in total. The normalized spacial score (nSPS) is 12.5. The Labute approximate surface area is 123 Å². The Bertz CT molecular complexity index is 783. The van der Waals surface area contributed by atoms with Crippen molar-refractivity contribution >= 4 is 10.9 Å². The summed E-state index contributed by atoms with van der Waals surface area (Å²) in [4.78, 5) is 4.30. The van der Waals surface area contributed by atoms with E-state index in [-0.39, 0.29) is 11.9 Å². The number of nitrogens with two attached hydrogens (primary N) is 1. The zero-order valence-electron chi connectivity index (χ0n) is 11.9. The molecule has 1 unspecified atom stereocenters. The first-order valence-corrected chi connectivity index (χ1v) is 6.99. The molecular weight excluding hydrogens is 263 g/mol. The largest absolute Gasteiger partial charge is 0.324 e. The second kappa shape index (κ2) is 5.62. The molecule has 21 heavy (non-hydrogen) atoms. The highest BCUT2D eigenvalue weighted by atomic mass is 19.1. The highest BCUT2D eigenvalue weighted by Crippen LogP contribution is 2.22. The van der Waals surface area contributed by atoms with Crippen LogP contribution in [0.15, 0.2) is 54.7 Å².